The summed E-state index contributed by atoms with van der Waals surface area (Å²) in [5.74, 6) is -0.264. The van der Waals surface area contributed by atoms with E-state index in [0.29, 0.717) is 0 Å². The number of hydrogen-bond acceptors (Lipinski definition) is 2. The zero-order valence-electron chi connectivity index (χ0n) is 12.4. The predicted octanol–water partition coefficient (Wildman–Crippen LogP) is 0.878. The number of ether oxygens (including phenoxy) is 1. The Hall–Kier alpha value is -1.76. The molecule has 0 radical (unpaired) electrons. The number of carbonyl (C=O) groups excluding carboxylic acids is 1. The van der Waals surface area contributed by atoms with Gasteiger partial charge in [-0.1, -0.05) is 6.07 Å². The van der Waals surface area contributed by atoms with E-state index in [4.69, 9.17) is 4.74 Å². The summed E-state index contributed by atoms with van der Waals surface area (Å²) in [5, 5.41) is 2.86. The lowest BCUT2D eigenvalue weighted by Gasteiger charge is -2.27. The van der Waals surface area contributed by atoms with E-state index in [-0.39, 0.29) is 24.3 Å². The molecule has 22 heavy (non-hydrogen) atoms. The second-order valence-electron chi connectivity index (χ2n) is 5.61. The molecule has 0 aromatic heterocycles. The number of nitrogens with one attached hydrogen (secondary N) is 2. The fourth-order valence-electron chi connectivity index (χ4n) is 2.44. The molecule has 2 N–H and O–H groups in total. The maximum Gasteiger partial charge on any atom is 0.416 e. The van der Waals surface area contributed by atoms with Crippen LogP contribution in [0.2, 0.25) is 0 Å². The number of piperidine rings is 1. The van der Waals surface area contributed by atoms with Crippen LogP contribution in [0.25, 0.3) is 0 Å². The minimum atomic E-state index is -4.42. The number of likely N-dealkylation sites (tertiary alicyclic amines) is 1. The van der Waals surface area contributed by atoms with E-state index in [0.717, 1.165) is 38.1 Å². The summed E-state index contributed by atoms with van der Waals surface area (Å²) in [6, 6.07) is 4.65. The monoisotopic (exact) mass is 317 g/mol. The molecule has 1 aromatic rings. The van der Waals surface area contributed by atoms with E-state index in [1.165, 1.54) is 17.0 Å². The van der Waals surface area contributed by atoms with Crippen LogP contribution in [-0.2, 0) is 11.0 Å². The quantitative estimate of drug-likeness (QED) is 0.866. The van der Waals surface area contributed by atoms with Gasteiger partial charge in [0.05, 0.1) is 25.7 Å². The summed E-state index contributed by atoms with van der Waals surface area (Å²) < 4.78 is 42.9. The van der Waals surface area contributed by atoms with Crippen molar-refractivity contribution in [3.8, 4) is 5.75 Å². The first-order valence-corrected chi connectivity index (χ1v) is 7.25. The highest BCUT2D eigenvalue weighted by Gasteiger charge is 2.30. The minimum absolute atomic E-state index is 0.0396. The van der Waals surface area contributed by atoms with Gasteiger partial charge < -0.3 is 15.0 Å². The molecule has 0 unspecified atom stereocenters. The largest absolute Gasteiger partial charge is 0.484 e. The van der Waals surface area contributed by atoms with Crippen LogP contribution < -0.4 is 15.0 Å². The average Bonchev–Trinajstić information content (AvgIpc) is 2.47. The van der Waals surface area contributed by atoms with Gasteiger partial charge in [0.25, 0.3) is 5.91 Å². The molecular weight excluding hydrogens is 297 g/mol. The van der Waals surface area contributed by atoms with Crippen LogP contribution in [0, 0.1) is 0 Å². The van der Waals surface area contributed by atoms with E-state index < -0.39 is 11.7 Å². The van der Waals surface area contributed by atoms with Gasteiger partial charge in [0.1, 0.15) is 5.75 Å². The van der Waals surface area contributed by atoms with Crippen molar-refractivity contribution in [3.63, 3.8) is 0 Å². The third-order valence-corrected chi connectivity index (χ3v) is 3.74. The fourth-order valence-corrected chi connectivity index (χ4v) is 2.44. The van der Waals surface area contributed by atoms with Crippen LogP contribution in [-0.4, -0.2) is 38.7 Å². The van der Waals surface area contributed by atoms with Gasteiger partial charge in [0.2, 0.25) is 0 Å². The first kappa shape index (κ1) is 16.6. The molecule has 1 aromatic carbocycles. The smallest absolute Gasteiger partial charge is 0.416 e. The highest BCUT2D eigenvalue weighted by Crippen LogP contribution is 2.31. The third-order valence-electron chi connectivity index (χ3n) is 3.74. The van der Waals surface area contributed by atoms with Crippen molar-refractivity contribution < 1.29 is 27.6 Å². The van der Waals surface area contributed by atoms with Crippen molar-refractivity contribution in [2.24, 2.45) is 0 Å². The van der Waals surface area contributed by atoms with Gasteiger partial charge in [0, 0.05) is 18.9 Å². The van der Waals surface area contributed by atoms with Crippen molar-refractivity contribution in [1.82, 2.24) is 5.32 Å². The number of benzene rings is 1. The van der Waals surface area contributed by atoms with E-state index in [1.807, 2.05) is 0 Å². The van der Waals surface area contributed by atoms with Crippen molar-refractivity contribution in [2.45, 2.75) is 25.1 Å². The summed E-state index contributed by atoms with van der Waals surface area (Å²) in [6.07, 6.45) is -2.61. The van der Waals surface area contributed by atoms with Gasteiger partial charge in [-0.15, -0.1) is 0 Å². The maximum atomic E-state index is 12.6. The number of hydrogen-bond donors (Lipinski definition) is 2. The third kappa shape index (κ3) is 4.91. The number of halogens is 3. The molecule has 1 aliphatic heterocycles. The van der Waals surface area contributed by atoms with Crippen molar-refractivity contribution in [3.05, 3.63) is 29.8 Å². The van der Waals surface area contributed by atoms with Crippen LogP contribution in [0.5, 0.6) is 5.75 Å². The van der Waals surface area contributed by atoms with Crippen LogP contribution in [0.1, 0.15) is 18.4 Å². The summed E-state index contributed by atoms with van der Waals surface area (Å²) in [6.45, 7) is 1.72. The molecule has 122 valence electrons. The molecule has 0 saturated carbocycles. The Morgan fingerprint density at radius 1 is 1.36 bits per heavy atom. The lowest BCUT2D eigenvalue weighted by Crippen LogP contribution is -3.10. The Morgan fingerprint density at radius 2 is 2.05 bits per heavy atom. The lowest BCUT2D eigenvalue weighted by atomic mass is 10.1. The topological polar surface area (TPSA) is 42.8 Å². The number of rotatable bonds is 4. The van der Waals surface area contributed by atoms with Gasteiger partial charge in [-0.05, 0) is 18.2 Å². The molecular formula is C15H20F3N2O2+. The summed E-state index contributed by atoms with van der Waals surface area (Å²) in [7, 11) is 2.11. The molecule has 0 aliphatic carbocycles. The molecule has 2 rings (SSSR count). The Morgan fingerprint density at radius 3 is 2.68 bits per heavy atom. The number of carbonyl (C=O) groups is 1. The number of amides is 1. The highest BCUT2D eigenvalue weighted by molar-refractivity contribution is 5.77. The normalized spacial score (nSPS) is 22.2. The molecule has 1 saturated heterocycles. The van der Waals surface area contributed by atoms with Crippen LogP contribution in [0.15, 0.2) is 24.3 Å². The van der Waals surface area contributed by atoms with E-state index in [9.17, 15) is 18.0 Å². The standard InChI is InChI=1S/C15H19F3N2O2/c1-20-7-5-12(6-8-20)19-14(21)10-22-13-4-2-3-11(9-13)15(16,17)18/h2-4,9,12H,5-8,10H2,1H3,(H,19,21)/p+1. The maximum absolute atomic E-state index is 12.6. The Kier molecular flexibility index (Phi) is 5.28. The molecule has 7 heteroatoms. The zero-order chi connectivity index (χ0) is 16.2. The van der Waals surface area contributed by atoms with Gasteiger partial charge in [-0.25, -0.2) is 0 Å². The Balaban J connectivity index is 1.81. The minimum Gasteiger partial charge on any atom is -0.484 e. The molecule has 0 spiro atoms. The second kappa shape index (κ2) is 7.00. The second-order valence-corrected chi connectivity index (χ2v) is 5.61. The number of alkyl halides is 3. The van der Waals surface area contributed by atoms with Gasteiger partial charge in [0.15, 0.2) is 6.61 Å². The summed E-state index contributed by atoms with van der Waals surface area (Å²) >= 11 is 0. The summed E-state index contributed by atoms with van der Waals surface area (Å²) in [4.78, 5) is 13.2. The number of quaternary nitrogens is 1. The Bertz CT molecular complexity index is 512. The first-order valence-electron chi connectivity index (χ1n) is 7.25. The molecule has 0 atom stereocenters. The fraction of sp³-hybridized carbons (Fsp3) is 0.533. The zero-order valence-corrected chi connectivity index (χ0v) is 12.4. The van der Waals surface area contributed by atoms with Crippen molar-refractivity contribution in [2.75, 3.05) is 26.7 Å². The average molecular weight is 317 g/mol. The van der Waals surface area contributed by atoms with Crippen LogP contribution >= 0.6 is 0 Å². The lowest BCUT2D eigenvalue weighted by molar-refractivity contribution is -0.884. The molecule has 1 amide bonds. The Labute approximate surface area is 127 Å². The van der Waals surface area contributed by atoms with E-state index in [2.05, 4.69) is 12.4 Å². The van der Waals surface area contributed by atoms with Crippen LogP contribution in [0.3, 0.4) is 0 Å². The highest BCUT2D eigenvalue weighted by atomic mass is 19.4. The van der Waals surface area contributed by atoms with Gasteiger partial charge in [-0.2, -0.15) is 13.2 Å². The predicted molar refractivity (Wildman–Crippen MR) is 74.7 cm³/mol. The SMILES string of the molecule is C[NH+]1CCC(NC(=O)COc2cccc(C(F)(F)F)c2)CC1. The molecule has 4 nitrogen and oxygen atoms in total. The van der Waals surface area contributed by atoms with E-state index >= 15 is 0 Å². The molecule has 1 heterocycles. The summed E-state index contributed by atoms with van der Waals surface area (Å²) in [5.41, 5.74) is -0.788. The molecule has 1 aliphatic rings. The van der Waals surface area contributed by atoms with Crippen LogP contribution in [0.4, 0.5) is 13.2 Å². The van der Waals surface area contributed by atoms with E-state index in [1.54, 1.807) is 0 Å². The van der Waals surface area contributed by atoms with Gasteiger partial charge >= 0.3 is 6.18 Å². The van der Waals surface area contributed by atoms with Crippen molar-refractivity contribution in [1.29, 1.82) is 0 Å². The molecule has 1 fully saturated rings. The molecule has 0 bridgehead atoms. The van der Waals surface area contributed by atoms with Crippen molar-refractivity contribution >= 4 is 5.91 Å². The first-order chi connectivity index (χ1) is 10.3. The van der Waals surface area contributed by atoms with Gasteiger partial charge in [-0.3, -0.25) is 4.79 Å².